The van der Waals surface area contributed by atoms with Gasteiger partial charge in [0, 0.05) is 0 Å². The summed E-state index contributed by atoms with van der Waals surface area (Å²) in [5, 5.41) is 30.9. The average Bonchev–Trinajstić information content (AvgIpc) is 3.50. The van der Waals surface area contributed by atoms with Crippen LogP contribution in [0.3, 0.4) is 0 Å². The summed E-state index contributed by atoms with van der Waals surface area (Å²) in [5.41, 5.74) is 2.26. The lowest BCUT2D eigenvalue weighted by Gasteiger charge is -2.41. The molecule has 0 aliphatic carbocycles. The number of amidine groups is 1. The van der Waals surface area contributed by atoms with Crippen LogP contribution in [0.2, 0.25) is 0 Å². The maximum absolute atomic E-state index is 14.1. The predicted molar refractivity (Wildman–Crippen MR) is 161 cm³/mol. The number of nitrogens with two attached hydrogens (primary N) is 1. The maximum atomic E-state index is 14.1. The molecular formula is C29H39N6O9P. The zero-order valence-corrected chi connectivity index (χ0v) is 26.8. The molecule has 15 nitrogen and oxygen atoms in total. The Morgan fingerprint density at radius 1 is 1.24 bits per heavy atom. The number of nitrogens with zero attached hydrogens (tertiary/aromatic N) is 4. The third-order valence-corrected chi connectivity index (χ3v) is 9.12. The minimum atomic E-state index is -4.39. The molecule has 45 heavy (non-hydrogen) atoms. The van der Waals surface area contributed by atoms with Crippen LogP contribution in [0.1, 0.15) is 48.0 Å². The van der Waals surface area contributed by atoms with Crippen molar-refractivity contribution in [1.29, 1.82) is 5.26 Å². The van der Waals surface area contributed by atoms with Gasteiger partial charge in [-0.05, 0) is 46.2 Å². The first-order valence-corrected chi connectivity index (χ1v) is 16.0. The van der Waals surface area contributed by atoms with Crippen molar-refractivity contribution in [3.8, 4) is 11.8 Å². The monoisotopic (exact) mass is 646 g/mol. The molecular weight excluding hydrogens is 607 g/mol. The van der Waals surface area contributed by atoms with Crippen molar-refractivity contribution in [2.45, 2.75) is 89.6 Å². The first kappa shape index (κ1) is 34.1. The first-order chi connectivity index (χ1) is 21.1. The molecule has 3 heterocycles. The summed E-state index contributed by atoms with van der Waals surface area (Å²) in [6.45, 7) is 8.71. The van der Waals surface area contributed by atoms with Crippen molar-refractivity contribution in [3.05, 3.63) is 42.1 Å². The number of nitriles is 1. The van der Waals surface area contributed by atoms with Gasteiger partial charge < -0.3 is 29.6 Å². The molecule has 4 rings (SSSR count). The molecule has 0 amide bonds. The fraction of sp³-hybridized carbons (Fsp3) is 0.552. The fourth-order valence-electron chi connectivity index (χ4n) is 5.20. The quantitative estimate of drug-likeness (QED) is 0.220. The summed E-state index contributed by atoms with van der Waals surface area (Å²) in [5.74, 6) is -1.64. The van der Waals surface area contributed by atoms with Crippen LogP contribution in [0.15, 0.2) is 52.2 Å². The number of hydrogen-bond donors (Lipinski definition) is 3. The zero-order valence-electron chi connectivity index (χ0n) is 25.9. The topological polar surface area (TPSA) is 207 Å². The second kappa shape index (κ2) is 13.3. The standard InChI is InChI=1S/C29H39N6O9P/c1-17(2)26(36)42-24-22(43-29(15-30,28(24,6)38)23-13-12-21-25(31)32-16-33-35(21)23)14-40-45(39,44-20-10-8-7-9-11-20)34-19(5)27(37)41-18(3)4/h7-12,16-19,22-24,38H,13-14H2,1-6H3,(H,34,39)(H2,31,32,33)/t19-,22+,23?,24+,28+,29-,45?/m0/s1. The Hall–Kier alpha value is -3.80. The number of aliphatic imine (C=N–C) groups is 1. The SMILES string of the molecule is CC(C)OC(=O)[C@H](C)NP(=O)(OC[C@H]1O[C@@](C#N)(C2CC=C3C(N)=NC=NN32)[C@](C)(O)[C@@H]1OC(=O)C(C)C)Oc1ccccc1. The number of aliphatic hydroxyl groups is 1. The number of fused-ring (bicyclic) bond motifs is 1. The highest BCUT2D eigenvalue weighted by Gasteiger charge is 2.70. The summed E-state index contributed by atoms with van der Waals surface area (Å²) >= 11 is 0. The second-order valence-corrected chi connectivity index (χ2v) is 13.3. The van der Waals surface area contributed by atoms with Gasteiger partial charge in [0.05, 0.1) is 24.3 Å². The largest absolute Gasteiger partial charge is 0.462 e. The maximum Gasteiger partial charge on any atom is 0.459 e. The van der Waals surface area contributed by atoms with E-state index in [9.17, 15) is 24.5 Å². The summed E-state index contributed by atoms with van der Waals surface area (Å²) in [7, 11) is -4.39. The van der Waals surface area contributed by atoms with Gasteiger partial charge in [-0.1, -0.05) is 38.1 Å². The number of esters is 2. The summed E-state index contributed by atoms with van der Waals surface area (Å²) in [6, 6.07) is 8.17. The van der Waals surface area contributed by atoms with E-state index in [4.69, 9.17) is 29.0 Å². The van der Waals surface area contributed by atoms with Gasteiger partial charge in [-0.2, -0.15) is 15.5 Å². The fourth-order valence-corrected chi connectivity index (χ4v) is 6.70. The number of hydrogen-bond acceptors (Lipinski definition) is 14. The van der Waals surface area contributed by atoms with E-state index in [1.54, 1.807) is 64.1 Å². The van der Waals surface area contributed by atoms with Crippen LogP contribution >= 0.6 is 7.75 Å². The van der Waals surface area contributed by atoms with Gasteiger partial charge in [0.1, 0.15) is 41.9 Å². The van der Waals surface area contributed by atoms with Crippen molar-refractivity contribution < 1.29 is 42.5 Å². The number of nitrogens with one attached hydrogen (secondary N) is 1. The highest BCUT2D eigenvalue weighted by molar-refractivity contribution is 7.52. The molecule has 4 N–H and O–H groups in total. The van der Waals surface area contributed by atoms with Gasteiger partial charge >= 0.3 is 19.7 Å². The van der Waals surface area contributed by atoms with Gasteiger partial charge in [-0.25, -0.2) is 9.56 Å². The first-order valence-electron chi connectivity index (χ1n) is 14.5. The van der Waals surface area contributed by atoms with Gasteiger partial charge in [-0.15, -0.1) is 0 Å². The molecule has 0 spiro atoms. The van der Waals surface area contributed by atoms with Gasteiger partial charge in [-0.3, -0.25) is 19.1 Å². The van der Waals surface area contributed by atoms with Crippen LogP contribution in [0.25, 0.3) is 0 Å². The van der Waals surface area contributed by atoms with Crippen LogP contribution in [-0.2, 0) is 32.9 Å². The molecule has 244 valence electrons. The lowest BCUT2D eigenvalue weighted by molar-refractivity contribution is -0.169. The number of hydrazone groups is 1. The van der Waals surface area contributed by atoms with Gasteiger partial charge in [0.25, 0.3) is 0 Å². The Morgan fingerprint density at radius 3 is 2.56 bits per heavy atom. The molecule has 3 aliphatic rings. The lowest BCUT2D eigenvalue weighted by Crippen LogP contribution is -2.63. The highest BCUT2D eigenvalue weighted by atomic mass is 31.2. The molecule has 2 unspecified atom stereocenters. The molecule has 0 saturated carbocycles. The number of para-hydroxylation sites is 1. The number of carbonyl (C=O) groups excluding carboxylic acids is 2. The average molecular weight is 647 g/mol. The van der Waals surface area contributed by atoms with E-state index in [1.165, 1.54) is 25.2 Å². The molecule has 0 bridgehead atoms. The lowest BCUT2D eigenvalue weighted by atomic mass is 9.76. The molecule has 0 radical (unpaired) electrons. The van der Waals surface area contributed by atoms with Crippen LogP contribution in [-0.4, -0.2) is 82.4 Å². The molecule has 0 aromatic heterocycles. The Labute approximate surface area is 261 Å². The van der Waals surface area contributed by atoms with E-state index in [0.29, 0.717) is 5.70 Å². The Balaban J connectivity index is 1.66. The van der Waals surface area contributed by atoms with E-state index in [2.05, 4.69) is 21.3 Å². The van der Waals surface area contributed by atoms with Gasteiger partial charge in [0.2, 0.25) is 5.60 Å². The van der Waals surface area contributed by atoms with Crippen molar-refractivity contribution in [3.63, 3.8) is 0 Å². The van der Waals surface area contributed by atoms with E-state index in [-0.39, 0.29) is 18.0 Å². The zero-order chi connectivity index (χ0) is 33.2. The number of benzene rings is 1. The molecule has 7 atom stereocenters. The van der Waals surface area contributed by atoms with Crippen LogP contribution in [0.5, 0.6) is 5.75 Å². The summed E-state index contributed by atoms with van der Waals surface area (Å²) in [4.78, 5) is 29.4. The van der Waals surface area contributed by atoms with Crippen molar-refractivity contribution in [2.24, 2.45) is 21.7 Å². The molecule has 1 aromatic rings. The van der Waals surface area contributed by atoms with E-state index >= 15 is 0 Å². The predicted octanol–water partition coefficient (Wildman–Crippen LogP) is 2.37. The number of carbonyl (C=O) groups is 2. The smallest absolute Gasteiger partial charge is 0.459 e. The minimum Gasteiger partial charge on any atom is -0.462 e. The summed E-state index contributed by atoms with van der Waals surface area (Å²) < 4.78 is 42.9. The molecule has 1 aromatic carbocycles. The third kappa shape index (κ3) is 6.90. The van der Waals surface area contributed by atoms with Gasteiger partial charge in [0.15, 0.2) is 11.9 Å². The molecule has 1 saturated heterocycles. The normalized spacial score (nSPS) is 29.3. The molecule has 1 fully saturated rings. The van der Waals surface area contributed by atoms with Crippen molar-refractivity contribution in [1.82, 2.24) is 10.1 Å². The Morgan fingerprint density at radius 2 is 1.93 bits per heavy atom. The molecule has 16 heteroatoms. The van der Waals surface area contributed by atoms with Crippen LogP contribution in [0, 0.1) is 17.2 Å². The van der Waals surface area contributed by atoms with E-state index in [1.807, 2.05) is 0 Å². The van der Waals surface area contributed by atoms with E-state index < -0.39 is 73.8 Å². The Kier molecular flexibility index (Phi) is 10.1. The van der Waals surface area contributed by atoms with Crippen molar-refractivity contribution in [2.75, 3.05) is 6.61 Å². The summed E-state index contributed by atoms with van der Waals surface area (Å²) in [6.07, 6.45) is -0.134. The number of rotatable bonds is 12. The second-order valence-electron chi connectivity index (χ2n) is 11.6. The minimum absolute atomic E-state index is 0.163. The third-order valence-electron chi connectivity index (χ3n) is 7.48. The highest BCUT2D eigenvalue weighted by Crippen LogP contribution is 2.51. The van der Waals surface area contributed by atoms with Crippen LogP contribution < -0.4 is 15.3 Å². The molecule has 3 aliphatic heterocycles. The number of ether oxygens (including phenoxy) is 3. The van der Waals surface area contributed by atoms with E-state index in [0.717, 1.165) is 0 Å². The van der Waals surface area contributed by atoms with Crippen LogP contribution in [0.4, 0.5) is 0 Å². The van der Waals surface area contributed by atoms with Crippen molar-refractivity contribution >= 4 is 31.9 Å². The Bertz CT molecular complexity index is 1460.